The molecule has 0 unspecified atom stereocenters. The zero-order valence-electron chi connectivity index (χ0n) is 11.2. The predicted molar refractivity (Wildman–Crippen MR) is 71.1 cm³/mol. The van der Waals surface area contributed by atoms with E-state index in [1.807, 2.05) is 6.07 Å². The zero-order valence-corrected chi connectivity index (χ0v) is 11.2. The van der Waals surface area contributed by atoms with Gasteiger partial charge in [0.2, 0.25) is 5.91 Å². The molecule has 0 aromatic heterocycles. The summed E-state index contributed by atoms with van der Waals surface area (Å²) >= 11 is 0. The van der Waals surface area contributed by atoms with Gasteiger partial charge >= 0.3 is 0 Å². The summed E-state index contributed by atoms with van der Waals surface area (Å²) < 4.78 is 18.8. The number of hydrogen-bond donors (Lipinski definition) is 1. The molecular formula is C15H20FNO2. The summed E-state index contributed by atoms with van der Waals surface area (Å²) in [4.78, 5) is 11.7. The molecular weight excluding hydrogens is 245 g/mol. The van der Waals surface area contributed by atoms with E-state index in [9.17, 15) is 9.18 Å². The van der Waals surface area contributed by atoms with Gasteiger partial charge in [-0.3, -0.25) is 4.79 Å². The van der Waals surface area contributed by atoms with Crippen LogP contribution in [0.2, 0.25) is 0 Å². The van der Waals surface area contributed by atoms with E-state index in [2.05, 4.69) is 5.32 Å². The van der Waals surface area contributed by atoms with E-state index in [4.69, 9.17) is 4.74 Å². The van der Waals surface area contributed by atoms with Crippen molar-refractivity contribution in [3.05, 3.63) is 35.6 Å². The van der Waals surface area contributed by atoms with Gasteiger partial charge in [-0.25, -0.2) is 4.39 Å². The number of methoxy groups -OCH3 is 1. The minimum absolute atomic E-state index is 0.0116. The monoisotopic (exact) mass is 265 g/mol. The first-order chi connectivity index (χ1) is 9.22. The number of carbonyl (C=O) groups excluding carboxylic acids is 1. The summed E-state index contributed by atoms with van der Waals surface area (Å²) in [5.74, 6) is -0.127. The Labute approximate surface area is 113 Å². The van der Waals surface area contributed by atoms with E-state index in [1.54, 1.807) is 12.1 Å². The fourth-order valence-corrected chi connectivity index (χ4v) is 2.81. The average molecular weight is 265 g/mol. The summed E-state index contributed by atoms with van der Waals surface area (Å²) in [6, 6.07) is 6.43. The summed E-state index contributed by atoms with van der Waals surface area (Å²) in [7, 11) is 1.48. The Kier molecular flexibility index (Phi) is 4.91. The summed E-state index contributed by atoms with van der Waals surface area (Å²) in [6.07, 6.45) is 4.37. The summed E-state index contributed by atoms with van der Waals surface area (Å²) in [5, 5.41) is 2.91. The molecule has 0 heterocycles. The number of hydrogen-bond acceptors (Lipinski definition) is 2. The minimum Gasteiger partial charge on any atom is -0.375 e. The Morgan fingerprint density at radius 2 is 2.11 bits per heavy atom. The summed E-state index contributed by atoms with van der Waals surface area (Å²) in [6.45, 7) is 0.0116. The molecule has 1 aliphatic carbocycles. The molecule has 1 aliphatic rings. The molecule has 0 radical (unpaired) electrons. The Morgan fingerprint density at radius 1 is 1.42 bits per heavy atom. The number of carbonyl (C=O) groups is 1. The van der Waals surface area contributed by atoms with Crippen molar-refractivity contribution in [2.24, 2.45) is 5.92 Å². The van der Waals surface area contributed by atoms with Crippen molar-refractivity contribution in [2.75, 3.05) is 13.7 Å². The highest BCUT2D eigenvalue weighted by molar-refractivity contribution is 5.77. The van der Waals surface area contributed by atoms with Gasteiger partial charge in [-0.1, -0.05) is 31.0 Å². The number of benzene rings is 1. The van der Waals surface area contributed by atoms with Gasteiger partial charge in [-0.05, 0) is 24.8 Å². The van der Waals surface area contributed by atoms with E-state index in [1.165, 1.54) is 13.2 Å². The van der Waals surface area contributed by atoms with Crippen molar-refractivity contribution in [3.63, 3.8) is 0 Å². The molecule has 0 aliphatic heterocycles. The van der Waals surface area contributed by atoms with Gasteiger partial charge in [0, 0.05) is 12.7 Å². The van der Waals surface area contributed by atoms with E-state index < -0.39 is 0 Å². The van der Waals surface area contributed by atoms with Gasteiger partial charge in [-0.15, -0.1) is 0 Å². The van der Waals surface area contributed by atoms with Crippen molar-refractivity contribution in [2.45, 2.75) is 31.7 Å². The molecule has 1 atom stereocenters. The molecule has 1 aromatic carbocycles. The lowest BCUT2D eigenvalue weighted by molar-refractivity contribution is -0.125. The second-order valence-corrected chi connectivity index (χ2v) is 5.04. The van der Waals surface area contributed by atoms with Crippen LogP contribution in [0.5, 0.6) is 0 Å². The van der Waals surface area contributed by atoms with E-state index in [-0.39, 0.29) is 24.4 Å². The quantitative estimate of drug-likeness (QED) is 0.889. The predicted octanol–water partition coefficient (Wildman–Crippen LogP) is 2.82. The molecule has 2 rings (SSSR count). The first-order valence-corrected chi connectivity index (χ1v) is 6.75. The third-order valence-electron chi connectivity index (χ3n) is 3.70. The topological polar surface area (TPSA) is 38.3 Å². The lowest BCUT2D eigenvalue weighted by atomic mass is 9.91. The Hall–Kier alpha value is -1.42. The van der Waals surface area contributed by atoms with Crippen molar-refractivity contribution in [3.8, 4) is 0 Å². The van der Waals surface area contributed by atoms with E-state index >= 15 is 0 Å². The highest BCUT2D eigenvalue weighted by Crippen LogP contribution is 2.36. The van der Waals surface area contributed by atoms with Crippen LogP contribution in [0.25, 0.3) is 0 Å². The molecule has 1 saturated carbocycles. The van der Waals surface area contributed by atoms with Gasteiger partial charge in [0.15, 0.2) is 0 Å². The van der Waals surface area contributed by atoms with Crippen molar-refractivity contribution in [1.29, 1.82) is 0 Å². The highest BCUT2D eigenvalue weighted by atomic mass is 19.1. The van der Waals surface area contributed by atoms with Gasteiger partial charge in [0.1, 0.15) is 12.4 Å². The molecule has 1 N–H and O–H groups in total. The number of nitrogens with one attached hydrogen (secondary N) is 1. The molecule has 3 nitrogen and oxygen atoms in total. The standard InChI is InChI=1S/C15H20FNO2/c1-19-10-14(18)17-15(11-6-2-3-7-11)12-8-4-5-9-13(12)16/h4-5,8-9,11,15H,2-3,6-7,10H2,1H3,(H,17,18)/t15-/m1/s1. The lowest BCUT2D eigenvalue weighted by Gasteiger charge is -2.25. The normalized spacial score (nSPS) is 17.4. The van der Waals surface area contributed by atoms with Crippen molar-refractivity contribution >= 4 is 5.91 Å². The van der Waals surface area contributed by atoms with Crippen LogP contribution in [0.15, 0.2) is 24.3 Å². The van der Waals surface area contributed by atoms with E-state index in [0.717, 1.165) is 25.7 Å². The maximum Gasteiger partial charge on any atom is 0.246 e. The minimum atomic E-state index is -0.253. The maximum atomic E-state index is 13.9. The first-order valence-electron chi connectivity index (χ1n) is 6.75. The zero-order chi connectivity index (χ0) is 13.7. The Morgan fingerprint density at radius 3 is 2.74 bits per heavy atom. The van der Waals surface area contributed by atoms with Gasteiger partial charge in [0.05, 0.1) is 6.04 Å². The van der Waals surface area contributed by atoms with Crippen LogP contribution in [0.4, 0.5) is 4.39 Å². The SMILES string of the molecule is COCC(=O)N[C@@H](c1ccccc1F)C1CCCC1. The number of ether oxygens (including phenoxy) is 1. The Balaban J connectivity index is 2.18. The molecule has 1 fully saturated rings. The van der Waals surface area contributed by atoms with Crippen molar-refractivity contribution in [1.82, 2.24) is 5.32 Å². The average Bonchev–Trinajstić information content (AvgIpc) is 2.91. The Bertz CT molecular complexity index is 430. The third kappa shape index (κ3) is 3.53. The summed E-state index contributed by atoms with van der Waals surface area (Å²) in [5.41, 5.74) is 0.582. The molecule has 1 aromatic rings. The lowest BCUT2D eigenvalue weighted by Crippen LogP contribution is -2.35. The van der Waals surface area contributed by atoms with Crippen LogP contribution < -0.4 is 5.32 Å². The number of rotatable bonds is 5. The second kappa shape index (κ2) is 6.66. The number of halogens is 1. The van der Waals surface area contributed by atoms with Gasteiger partial charge < -0.3 is 10.1 Å². The first kappa shape index (κ1) is 14.0. The van der Waals surface area contributed by atoms with Crippen LogP contribution in [-0.4, -0.2) is 19.6 Å². The second-order valence-electron chi connectivity index (χ2n) is 5.04. The molecule has 0 saturated heterocycles. The van der Waals surface area contributed by atoms with Crippen LogP contribution in [0.3, 0.4) is 0 Å². The van der Waals surface area contributed by atoms with Gasteiger partial charge in [0.25, 0.3) is 0 Å². The molecule has 19 heavy (non-hydrogen) atoms. The number of amides is 1. The third-order valence-corrected chi connectivity index (χ3v) is 3.70. The van der Waals surface area contributed by atoms with Crippen molar-refractivity contribution < 1.29 is 13.9 Å². The van der Waals surface area contributed by atoms with Gasteiger partial charge in [-0.2, -0.15) is 0 Å². The molecule has 0 spiro atoms. The molecule has 104 valence electrons. The fourth-order valence-electron chi connectivity index (χ4n) is 2.81. The smallest absolute Gasteiger partial charge is 0.246 e. The van der Waals surface area contributed by atoms with E-state index in [0.29, 0.717) is 11.5 Å². The maximum absolute atomic E-state index is 13.9. The van der Waals surface area contributed by atoms with Crippen LogP contribution in [0.1, 0.15) is 37.3 Å². The highest BCUT2D eigenvalue weighted by Gasteiger charge is 2.29. The molecule has 4 heteroatoms. The van der Waals surface area contributed by atoms with Crippen LogP contribution in [-0.2, 0) is 9.53 Å². The molecule has 0 bridgehead atoms. The van der Waals surface area contributed by atoms with Crippen LogP contribution >= 0.6 is 0 Å². The molecule has 1 amide bonds. The largest absolute Gasteiger partial charge is 0.375 e. The fraction of sp³-hybridized carbons (Fsp3) is 0.533. The van der Waals surface area contributed by atoms with Crippen LogP contribution in [0, 0.1) is 11.7 Å².